The summed E-state index contributed by atoms with van der Waals surface area (Å²) in [6.07, 6.45) is 6.30. The van der Waals surface area contributed by atoms with E-state index < -0.39 is 0 Å². The number of nitrogens with zero attached hydrogens (tertiary/aromatic N) is 2. The van der Waals surface area contributed by atoms with Gasteiger partial charge in [-0.1, -0.05) is 23.7 Å². The second-order valence-corrected chi connectivity index (χ2v) is 6.96. The van der Waals surface area contributed by atoms with Crippen molar-refractivity contribution in [2.75, 3.05) is 20.6 Å². The van der Waals surface area contributed by atoms with Crippen LogP contribution in [0.15, 0.2) is 30.3 Å². The summed E-state index contributed by atoms with van der Waals surface area (Å²) in [5.41, 5.74) is 5.77. The molecule has 0 radical (unpaired) electrons. The monoisotopic (exact) mass is 316 g/mol. The lowest BCUT2D eigenvalue weighted by Crippen LogP contribution is -2.17. The maximum atomic E-state index is 6.05. The van der Waals surface area contributed by atoms with E-state index in [1.165, 1.54) is 43.4 Å². The molecule has 22 heavy (non-hydrogen) atoms. The van der Waals surface area contributed by atoms with E-state index in [0.29, 0.717) is 0 Å². The maximum absolute atomic E-state index is 6.05. The molecule has 2 nitrogen and oxygen atoms in total. The van der Waals surface area contributed by atoms with Crippen LogP contribution in [-0.4, -0.2) is 30.1 Å². The Morgan fingerprint density at radius 3 is 2.55 bits per heavy atom. The molecule has 1 aliphatic carbocycles. The van der Waals surface area contributed by atoms with Gasteiger partial charge in [-0.05, 0) is 82.1 Å². The van der Waals surface area contributed by atoms with E-state index in [2.05, 4.69) is 41.8 Å². The molecule has 0 saturated carbocycles. The molecule has 2 aromatic rings. The topological polar surface area (TPSA) is 8.17 Å². The number of aromatic nitrogens is 1. The second-order valence-electron chi connectivity index (χ2n) is 6.52. The van der Waals surface area contributed by atoms with E-state index in [0.717, 1.165) is 18.1 Å². The minimum Gasteiger partial charge on any atom is -0.344 e. The van der Waals surface area contributed by atoms with Crippen molar-refractivity contribution in [2.45, 2.75) is 38.6 Å². The first kappa shape index (κ1) is 15.6. The third-order valence-electron chi connectivity index (χ3n) is 4.53. The fourth-order valence-electron chi connectivity index (χ4n) is 3.43. The van der Waals surface area contributed by atoms with Crippen molar-refractivity contribution >= 4 is 11.6 Å². The van der Waals surface area contributed by atoms with Crippen molar-refractivity contribution in [2.24, 2.45) is 0 Å². The highest BCUT2D eigenvalue weighted by atomic mass is 35.5. The van der Waals surface area contributed by atoms with Gasteiger partial charge in [0.25, 0.3) is 0 Å². The summed E-state index contributed by atoms with van der Waals surface area (Å²) in [4.78, 5) is 2.26. The van der Waals surface area contributed by atoms with Gasteiger partial charge in [0.05, 0.1) is 0 Å². The van der Waals surface area contributed by atoms with Crippen LogP contribution in [0.5, 0.6) is 0 Å². The number of halogens is 1. The Kier molecular flexibility index (Phi) is 4.90. The van der Waals surface area contributed by atoms with Gasteiger partial charge in [-0.15, -0.1) is 0 Å². The van der Waals surface area contributed by atoms with E-state index in [1.807, 2.05) is 12.1 Å². The van der Waals surface area contributed by atoms with Gasteiger partial charge >= 0.3 is 0 Å². The summed E-state index contributed by atoms with van der Waals surface area (Å²) in [6, 6.07) is 10.7. The Balaban J connectivity index is 1.93. The van der Waals surface area contributed by atoms with Crippen LogP contribution in [0.3, 0.4) is 0 Å². The number of hydrogen-bond donors (Lipinski definition) is 0. The van der Waals surface area contributed by atoms with Crippen molar-refractivity contribution in [3.05, 3.63) is 46.6 Å². The predicted octanol–water partition coefficient (Wildman–Crippen LogP) is 4.64. The quantitative estimate of drug-likeness (QED) is 0.780. The lowest BCUT2D eigenvalue weighted by molar-refractivity contribution is 0.385. The van der Waals surface area contributed by atoms with Crippen LogP contribution in [0.25, 0.3) is 11.3 Å². The van der Waals surface area contributed by atoms with E-state index in [9.17, 15) is 0 Å². The normalized spacial score (nSPS) is 14.4. The maximum Gasteiger partial charge on any atom is 0.0485 e. The zero-order valence-corrected chi connectivity index (χ0v) is 14.4. The Morgan fingerprint density at radius 1 is 1.09 bits per heavy atom. The first-order valence-electron chi connectivity index (χ1n) is 8.27. The van der Waals surface area contributed by atoms with Crippen LogP contribution in [-0.2, 0) is 19.4 Å². The van der Waals surface area contributed by atoms with E-state index in [1.54, 1.807) is 11.3 Å². The number of aryl methyl sites for hydroxylation is 1. The third kappa shape index (κ3) is 3.39. The highest BCUT2D eigenvalue weighted by Gasteiger charge is 2.18. The highest BCUT2D eigenvalue weighted by molar-refractivity contribution is 6.30. The molecule has 0 amide bonds. The number of hydrogen-bond acceptors (Lipinski definition) is 1. The average Bonchev–Trinajstić information content (AvgIpc) is 2.87. The summed E-state index contributed by atoms with van der Waals surface area (Å²) >= 11 is 6.05. The molecule has 0 aliphatic heterocycles. The van der Waals surface area contributed by atoms with Gasteiger partial charge < -0.3 is 9.47 Å². The van der Waals surface area contributed by atoms with Crippen molar-refractivity contribution in [3.8, 4) is 11.3 Å². The van der Waals surface area contributed by atoms with Gasteiger partial charge in [0.2, 0.25) is 0 Å². The number of benzene rings is 1. The minimum absolute atomic E-state index is 0.805. The van der Waals surface area contributed by atoms with E-state index >= 15 is 0 Å². The van der Waals surface area contributed by atoms with Crippen molar-refractivity contribution in [3.63, 3.8) is 0 Å². The molecule has 3 rings (SSSR count). The van der Waals surface area contributed by atoms with Gasteiger partial charge in [-0.2, -0.15) is 0 Å². The Labute approximate surface area is 138 Å². The molecule has 0 fully saturated rings. The smallest absolute Gasteiger partial charge is 0.0485 e. The summed E-state index contributed by atoms with van der Waals surface area (Å²) in [5, 5.41) is 0.805. The first-order valence-corrected chi connectivity index (χ1v) is 8.65. The zero-order valence-electron chi connectivity index (χ0n) is 13.6. The lowest BCUT2D eigenvalue weighted by atomic mass is 9.98. The fraction of sp³-hybridized carbons (Fsp3) is 0.474. The summed E-state index contributed by atoms with van der Waals surface area (Å²) in [6.45, 7) is 2.23. The standard InChI is InChI=1S/C19H25ClN2/c1-21(2)12-5-13-22-18-7-4-3-6-16(18)14-19(22)15-8-10-17(20)11-9-15/h8-11,14H,3-7,12-13H2,1-2H3. The highest BCUT2D eigenvalue weighted by Crippen LogP contribution is 2.31. The molecule has 0 saturated heterocycles. The molecular formula is C19H25ClN2. The summed E-state index contributed by atoms with van der Waals surface area (Å²) < 4.78 is 2.56. The first-order chi connectivity index (χ1) is 10.6. The van der Waals surface area contributed by atoms with Crippen molar-refractivity contribution in [1.82, 2.24) is 9.47 Å². The molecule has 0 spiro atoms. The van der Waals surface area contributed by atoms with Gasteiger partial charge in [0, 0.05) is 23.0 Å². The molecule has 118 valence electrons. The lowest BCUT2D eigenvalue weighted by Gasteiger charge is -2.18. The molecule has 0 bridgehead atoms. The molecule has 0 atom stereocenters. The predicted molar refractivity (Wildman–Crippen MR) is 94.7 cm³/mol. The van der Waals surface area contributed by atoms with E-state index in [4.69, 9.17) is 11.6 Å². The SMILES string of the molecule is CN(C)CCCn1c(-c2ccc(Cl)cc2)cc2c1CCCC2. The largest absolute Gasteiger partial charge is 0.344 e. The van der Waals surface area contributed by atoms with E-state index in [-0.39, 0.29) is 0 Å². The summed E-state index contributed by atoms with van der Waals surface area (Å²) in [7, 11) is 4.29. The number of fused-ring (bicyclic) bond motifs is 1. The summed E-state index contributed by atoms with van der Waals surface area (Å²) in [5.74, 6) is 0. The Bertz CT molecular complexity index is 626. The molecule has 1 aliphatic rings. The number of rotatable bonds is 5. The zero-order chi connectivity index (χ0) is 15.5. The molecule has 0 unspecified atom stereocenters. The fourth-order valence-corrected chi connectivity index (χ4v) is 3.55. The van der Waals surface area contributed by atoms with Crippen LogP contribution in [0, 0.1) is 0 Å². The molecule has 1 aromatic heterocycles. The van der Waals surface area contributed by atoms with Gasteiger partial charge in [0.1, 0.15) is 0 Å². The molecular weight excluding hydrogens is 292 g/mol. The Hall–Kier alpha value is -1.25. The van der Waals surface area contributed by atoms with Crippen LogP contribution in [0.4, 0.5) is 0 Å². The van der Waals surface area contributed by atoms with Gasteiger partial charge in [0.15, 0.2) is 0 Å². The van der Waals surface area contributed by atoms with Crippen molar-refractivity contribution in [1.29, 1.82) is 0 Å². The average molecular weight is 317 g/mol. The molecule has 1 aromatic carbocycles. The van der Waals surface area contributed by atoms with Gasteiger partial charge in [-0.25, -0.2) is 0 Å². The van der Waals surface area contributed by atoms with Crippen LogP contribution >= 0.6 is 11.6 Å². The van der Waals surface area contributed by atoms with Crippen LogP contribution in [0.1, 0.15) is 30.5 Å². The molecule has 3 heteroatoms. The van der Waals surface area contributed by atoms with Crippen LogP contribution < -0.4 is 0 Å². The van der Waals surface area contributed by atoms with Gasteiger partial charge in [-0.3, -0.25) is 0 Å². The second kappa shape index (κ2) is 6.89. The Morgan fingerprint density at radius 2 is 1.82 bits per heavy atom. The van der Waals surface area contributed by atoms with Crippen molar-refractivity contribution < 1.29 is 0 Å². The third-order valence-corrected chi connectivity index (χ3v) is 4.79. The molecule has 1 heterocycles. The minimum atomic E-state index is 0.805. The van der Waals surface area contributed by atoms with Crippen LogP contribution in [0.2, 0.25) is 5.02 Å². The molecule has 0 N–H and O–H groups in total.